The molecule has 0 aliphatic heterocycles. The normalized spacial score (nSPS) is 11.2. The topological polar surface area (TPSA) is 45.8 Å². The monoisotopic (exact) mass is 266 g/mol. The predicted octanol–water partition coefficient (Wildman–Crippen LogP) is 2.81. The summed E-state index contributed by atoms with van der Waals surface area (Å²) in [4.78, 5) is 18.6. The first kappa shape index (κ1) is 10.4. The fraction of sp³-hybridized carbons (Fsp3) is 0.273. The van der Waals surface area contributed by atoms with Crippen molar-refractivity contribution < 1.29 is 0 Å². The van der Waals surface area contributed by atoms with Gasteiger partial charge in [-0.3, -0.25) is 9.78 Å². The van der Waals surface area contributed by atoms with Gasteiger partial charge >= 0.3 is 0 Å². The molecule has 0 fully saturated rings. The summed E-state index contributed by atoms with van der Waals surface area (Å²) in [6.07, 6.45) is 1.63. The predicted molar refractivity (Wildman–Crippen MR) is 64.2 cm³/mol. The van der Waals surface area contributed by atoms with E-state index in [4.69, 9.17) is 0 Å². The van der Waals surface area contributed by atoms with Gasteiger partial charge in [-0.1, -0.05) is 13.8 Å². The molecule has 2 heterocycles. The SMILES string of the molecule is CC(C)c1ccc2c(=O)[nH]cc(Br)c2n1. The zero-order valence-corrected chi connectivity index (χ0v) is 10.1. The first-order valence-corrected chi connectivity index (χ1v) is 5.56. The Kier molecular flexibility index (Phi) is 2.61. The van der Waals surface area contributed by atoms with Gasteiger partial charge in [-0.15, -0.1) is 0 Å². The van der Waals surface area contributed by atoms with Crippen LogP contribution in [0.1, 0.15) is 25.5 Å². The molecule has 0 atom stereocenters. The van der Waals surface area contributed by atoms with E-state index in [9.17, 15) is 4.79 Å². The fourth-order valence-electron chi connectivity index (χ4n) is 1.44. The van der Waals surface area contributed by atoms with Crippen molar-refractivity contribution in [3.8, 4) is 0 Å². The highest BCUT2D eigenvalue weighted by atomic mass is 79.9. The van der Waals surface area contributed by atoms with Gasteiger partial charge in [0.15, 0.2) is 0 Å². The third-order valence-electron chi connectivity index (χ3n) is 2.31. The number of rotatable bonds is 1. The smallest absolute Gasteiger partial charge is 0.257 e. The Morgan fingerprint density at radius 2 is 2.13 bits per heavy atom. The molecule has 0 unspecified atom stereocenters. The second-order valence-corrected chi connectivity index (χ2v) is 4.61. The number of H-pyrrole nitrogens is 1. The van der Waals surface area contributed by atoms with E-state index >= 15 is 0 Å². The van der Waals surface area contributed by atoms with E-state index in [1.54, 1.807) is 6.20 Å². The largest absolute Gasteiger partial charge is 0.327 e. The van der Waals surface area contributed by atoms with Gasteiger partial charge in [-0.05, 0) is 34.0 Å². The average molecular weight is 267 g/mol. The number of hydrogen-bond acceptors (Lipinski definition) is 2. The highest BCUT2D eigenvalue weighted by molar-refractivity contribution is 9.10. The lowest BCUT2D eigenvalue weighted by Crippen LogP contribution is -2.07. The Bertz CT molecular complexity index is 560. The van der Waals surface area contributed by atoms with Crippen molar-refractivity contribution in [3.63, 3.8) is 0 Å². The van der Waals surface area contributed by atoms with E-state index in [1.165, 1.54) is 0 Å². The standard InChI is InChI=1S/C11H11BrN2O/c1-6(2)9-4-3-7-10(14-9)8(12)5-13-11(7)15/h3-6H,1-2H3,(H,13,15). The maximum absolute atomic E-state index is 11.5. The molecule has 0 amide bonds. The Hall–Kier alpha value is -1.16. The van der Waals surface area contributed by atoms with Crippen molar-refractivity contribution in [1.29, 1.82) is 0 Å². The first-order valence-electron chi connectivity index (χ1n) is 4.77. The van der Waals surface area contributed by atoms with Gasteiger partial charge in [-0.25, -0.2) is 0 Å². The van der Waals surface area contributed by atoms with E-state index in [0.29, 0.717) is 11.3 Å². The minimum Gasteiger partial charge on any atom is -0.327 e. The Morgan fingerprint density at radius 1 is 1.40 bits per heavy atom. The summed E-state index contributed by atoms with van der Waals surface area (Å²) in [7, 11) is 0. The number of hydrogen-bond donors (Lipinski definition) is 1. The van der Waals surface area contributed by atoms with Crippen LogP contribution in [-0.4, -0.2) is 9.97 Å². The molecule has 4 heteroatoms. The van der Waals surface area contributed by atoms with Gasteiger partial charge in [0.2, 0.25) is 0 Å². The third-order valence-corrected chi connectivity index (χ3v) is 2.91. The third kappa shape index (κ3) is 1.81. The number of pyridine rings is 2. The van der Waals surface area contributed by atoms with E-state index in [2.05, 4.69) is 39.7 Å². The van der Waals surface area contributed by atoms with Crippen LogP contribution in [0, 0.1) is 0 Å². The van der Waals surface area contributed by atoms with Crippen LogP contribution in [0.4, 0.5) is 0 Å². The minimum absolute atomic E-state index is 0.101. The zero-order chi connectivity index (χ0) is 11.0. The Labute approximate surface area is 95.7 Å². The van der Waals surface area contributed by atoms with E-state index in [-0.39, 0.29) is 5.56 Å². The van der Waals surface area contributed by atoms with Crippen molar-refractivity contribution in [2.45, 2.75) is 19.8 Å². The highest BCUT2D eigenvalue weighted by Crippen LogP contribution is 2.21. The molecule has 2 rings (SSSR count). The summed E-state index contributed by atoms with van der Waals surface area (Å²) >= 11 is 3.38. The van der Waals surface area contributed by atoms with Gasteiger partial charge < -0.3 is 4.98 Å². The lowest BCUT2D eigenvalue weighted by molar-refractivity contribution is 0.829. The molecule has 2 aromatic rings. The Balaban J connectivity index is 2.81. The number of aromatic amines is 1. The number of fused-ring (bicyclic) bond motifs is 1. The summed E-state index contributed by atoms with van der Waals surface area (Å²) < 4.78 is 0.819. The molecule has 3 nitrogen and oxygen atoms in total. The molecule has 0 saturated carbocycles. The number of nitrogens with one attached hydrogen (secondary N) is 1. The van der Waals surface area contributed by atoms with Gasteiger partial charge in [0, 0.05) is 11.9 Å². The molecule has 2 aromatic heterocycles. The minimum atomic E-state index is -0.101. The van der Waals surface area contributed by atoms with Crippen LogP contribution in [0.5, 0.6) is 0 Å². The number of halogens is 1. The van der Waals surface area contributed by atoms with Crippen LogP contribution >= 0.6 is 15.9 Å². The lowest BCUT2D eigenvalue weighted by Gasteiger charge is -2.06. The quantitative estimate of drug-likeness (QED) is 0.863. The van der Waals surface area contributed by atoms with Gasteiger partial charge in [0.05, 0.1) is 15.4 Å². The van der Waals surface area contributed by atoms with Crippen LogP contribution in [-0.2, 0) is 0 Å². The van der Waals surface area contributed by atoms with Gasteiger partial charge in [-0.2, -0.15) is 0 Å². The van der Waals surface area contributed by atoms with Crippen LogP contribution in [0.3, 0.4) is 0 Å². The lowest BCUT2D eigenvalue weighted by atomic mass is 10.1. The molecule has 0 bridgehead atoms. The Morgan fingerprint density at radius 3 is 2.80 bits per heavy atom. The molecular weight excluding hydrogens is 256 g/mol. The molecule has 0 aliphatic rings. The summed E-state index contributed by atoms with van der Waals surface area (Å²) in [6.45, 7) is 4.16. The van der Waals surface area contributed by atoms with Gasteiger partial charge in [0.25, 0.3) is 5.56 Å². The van der Waals surface area contributed by atoms with Crippen molar-refractivity contribution in [2.24, 2.45) is 0 Å². The molecular formula is C11H11BrN2O. The zero-order valence-electron chi connectivity index (χ0n) is 8.54. The highest BCUT2D eigenvalue weighted by Gasteiger charge is 2.07. The summed E-state index contributed by atoms with van der Waals surface area (Å²) in [5.74, 6) is 0.362. The van der Waals surface area contributed by atoms with Crippen molar-refractivity contribution in [2.75, 3.05) is 0 Å². The summed E-state index contributed by atoms with van der Waals surface area (Å²) in [5.41, 5.74) is 1.62. The van der Waals surface area contributed by atoms with E-state index < -0.39 is 0 Å². The number of aromatic nitrogens is 2. The maximum atomic E-state index is 11.5. The average Bonchev–Trinajstić information content (AvgIpc) is 2.23. The van der Waals surface area contributed by atoms with Crippen molar-refractivity contribution in [3.05, 3.63) is 38.9 Å². The molecule has 15 heavy (non-hydrogen) atoms. The van der Waals surface area contributed by atoms with E-state index in [1.807, 2.05) is 12.1 Å². The summed E-state index contributed by atoms with van der Waals surface area (Å²) in [5, 5.41) is 0.619. The van der Waals surface area contributed by atoms with Crippen LogP contribution < -0.4 is 5.56 Å². The van der Waals surface area contributed by atoms with Gasteiger partial charge in [0.1, 0.15) is 0 Å². The van der Waals surface area contributed by atoms with Crippen LogP contribution in [0.25, 0.3) is 10.9 Å². The molecule has 0 aromatic carbocycles. The fourth-order valence-corrected chi connectivity index (χ4v) is 1.85. The van der Waals surface area contributed by atoms with Crippen molar-refractivity contribution in [1.82, 2.24) is 9.97 Å². The van der Waals surface area contributed by atoms with Crippen molar-refractivity contribution >= 4 is 26.8 Å². The van der Waals surface area contributed by atoms with Crippen LogP contribution in [0.15, 0.2) is 27.6 Å². The molecule has 78 valence electrons. The molecule has 1 N–H and O–H groups in total. The van der Waals surface area contributed by atoms with E-state index in [0.717, 1.165) is 15.7 Å². The molecule has 0 spiro atoms. The molecule has 0 radical (unpaired) electrons. The molecule has 0 aliphatic carbocycles. The molecule has 0 saturated heterocycles. The second kappa shape index (κ2) is 3.77. The first-order chi connectivity index (χ1) is 7.09. The van der Waals surface area contributed by atoms with Crippen LogP contribution in [0.2, 0.25) is 0 Å². The second-order valence-electron chi connectivity index (χ2n) is 3.75. The number of nitrogens with zero attached hydrogens (tertiary/aromatic N) is 1. The summed E-state index contributed by atoms with van der Waals surface area (Å²) in [6, 6.07) is 3.72. The maximum Gasteiger partial charge on any atom is 0.257 e.